The van der Waals surface area contributed by atoms with Gasteiger partial charge in [-0.1, -0.05) is 6.07 Å². The summed E-state index contributed by atoms with van der Waals surface area (Å²) in [5, 5.41) is 6.17. The number of halogens is 1. The van der Waals surface area contributed by atoms with E-state index in [1.807, 2.05) is 13.0 Å². The van der Waals surface area contributed by atoms with Crippen molar-refractivity contribution in [3.8, 4) is 5.69 Å². The zero-order chi connectivity index (χ0) is 16.9. The number of imidazole rings is 1. The number of aryl methyl sites for hydroxylation is 1. The molecule has 2 N–H and O–H groups in total. The second kappa shape index (κ2) is 7.57. The van der Waals surface area contributed by atoms with E-state index in [-0.39, 0.29) is 11.7 Å². The third kappa shape index (κ3) is 4.00. The molecule has 24 heavy (non-hydrogen) atoms. The number of nitrogens with zero attached hydrogens (tertiary/aromatic N) is 2. The molecule has 6 heteroatoms. The van der Waals surface area contributed by atoms with Crippen molar-refractivity contribution in [1.82, 2.24) is 20.2 Å². The van der Waals surface area contributed by atoms with Crippen molar-refractivity contribution >= 4 is 5.91 Å². The van der Waals surface area contributed by atoms with Crippen LogP contribution in [0.25, 0.3) is 5.69 Å². The molecule has 5 nitrogen and oxygen atoms in total. The summed E-state index contributed by atoms with van der Waals surface area (Å²) in [5.41, 5.74) is 1.22. The minimum absolute atomic E-state index is 0.0249. The van der Waals surface area contributed by atoms with Gasteiger partial charge in [0.15, 0.2) is 0 Å². The lowest BCUT2D eigenvalue weighted by Crippen LogP contribution is -2.23. The Kier molecular flexibility index (Phi) is 5.25. The molecule has 0 spiro atoms. The lowest BCUT2D eigenvalue weighted by Gasteiger charge is -2.11. The van der Waals surface area contributed by atoms with Crippen LogP contribution in [0.5, 0.6) is 0 Å². The maximum absolute atomic E-state index is 14.3. The van der Waals surface area contributed by atoms with Gasteiger partial charge in [-0.2, -0.15) is 0 Å². The SMILES string of the molecule is Cc1nccn1-c1ccc(CNC(=O)CCC2CCNC2)cc1F. The van der Waals surface area contributed by atoms with E-state index in [0.717, 1.165) is 37.3 Å². The second-order valence-corrected chi connectivity index (χ2v) is 6.30. The fraction of sp³-hybridized carbons (Fsp3) is 0.444. The Balaban J connectivity index is 1.53. The van der Waals surface area contributed by atoms with Gasteiger partial charge in [-0.25, -0.2) is 9.37 Å². The third-order valence-corrected chi connectivity index (χ3v) is 4.53. The molecular formula is C18H23FN4O. The summed E-state index contributed by atoms with van der Waals surface area (Å²) in [6.45, 7) is 4.23. The summed E-state index contributed by atoms with van der Waals surface area (Å²) in [6.07, 6.45) is 5.96. The Labute approximate surface area is 141 Å². The van der Waals surface area contributed by atoms with Crippen molar-refractivity contribution < 1.29 is 9.18 Å². The molecule has 1 amide bonds. The first-order chi connectivity index (χ1) is 11.6. The molecule has 0 bridgehead atoms. The largest absolute Gasteiger partial charge is 0.352 e. The monoisotopic (exact) mass is 330 g/mol. The van der Waals surface area contributed by atoms with Crippen LogP contribution in [0.15, 0.2) is 30.6 Å². The van der Waals surface area contributed by atoms with Crippen LogP contribution in [0.3, 0.4) is 0 Å². The van der Waals surface area contributed by atoms with Gasteiger partial charge in [0.1, 0.15) is 11.6 Å². The fourth-order valence-corrected chi connectivity index (χ4v) is 3.07. The Morgan fingerprint density at radius 3 is 3.04 bits per heavy atom. The summed E-state index contributed by atoms with van der Waals surface area (Å²) in [7, 11) is 0. The first-order valence-corrected chi connectivity index (χ1v) is 8.39. The van der Waals surface area contributed by atoms with Gasteiger partial charge in [0.2, 0.25) is 5.91 Å². The molecular weight excluding hydrogens is 307 g/mol. The summed E-state index contributed by atoms with van der Waals surface area (Å²) >= 11 is 0. The highest BCUT2D eigenvalue weighted by Crippen LogP contribution is 2.17. The van der Waals surface area contributed by atoms with Crippen LogP contribution < -0.4 is 10.6 Å². The van der Waals surface area contributed by atoms with Crippen LogP contribution in [0.1, 0.15) is 30.7 Å². The molecule has 2 heterocycles. The molecule has 0 saturated carbocycles. The number of rotatable bonds is 6. The van der Waals surface area contributed by atoms with Gasteiger partial charge in [0.05, 0.1) is 5.69 Å². The predicted octanol–water partition coefficient (Wildman–Crippen LogP) is 2.33. The Hall–Kier alpha value is -2.21. The number of hydrogen-bond acceptors (Lipinski definition) is 3. The number of hydrogen-bond donors (Lipinski definition) is 2. The van der Waals surface area contributed by atoms with Crippen molar-refractivity contribution in [2.24, 2.45) is 5.92 Å². The maximum Gasteiger partial charge on any atom is 0.220 e. The smallest absolute Gasteiger partial charge is 0.220 e. The first-order valence-electron chi connectivity index (χ1n) is 8.39. The van der Waals surface area contributed by atoms with Gasteiger partial charge in [-0.15, -0.1) is 0 Å². The Morgan fingerprint density at radius 1 is 1.50 bits per heavy atom. The molecule has 2 aromatic rings. The molecule has 1 fully saturated rings. The molecule has 0 aliphatic carbocycles. The zero-order valence-electron chi connectivity index (χ0n) is 13.9. The number of benzene rings is 1. The zero-order valence-corrected chi connectivity index (χ0v) is 13.9. The average Bonchev–Trinajstić information content (AvgIpc) is 3.23. The van der Waals surface area contributed by atoms with Gasteiger partial charge in [0.25, 0.3) is 0 Å². The predicted molar refractivity (Wildman–Crippen MR) is 90.3 cm³/mol. The molecule has 128 valence electrons. The lowest BCUT2D eigenvalue weighted by atomic mass is 10.0. The molecule has 1 aliphatic heterocycles. The maximum atomic E-state index is 14.3. The van der Waals surface area contributed by atoms with Crippen LogP contribution in [0.4, 0.5) is 4.39 Å². The highest BCUT2D eigenvalue weighted by atomic mass is 19.1. The summed E-state index contributed by atoms with van der Waals surface area (Å²) in [5.74, 6) is 1.04. The van der Waals surface area contributed by atoms with Crippen molar-refractivity contribution in [3.63, 3.8) is 0 Å². The highest BCUT2D eigenvalue weighted by Gasteiger charge is 2.15. The second-order valence-electron chi connectivity index (χ2n) is 6.30. The van der Waals surface area contributed by atoms with E-state index in [1.54, 1.807) is 23.0 Å². The van der Waals surface area contributed by atoms with Gasteiger partial charge in [-0.3, -0.25) is 4.79 Å². The van der Waals surface area contributed by atoms with Crippen LogP contribution in [0.2, 0.25) is 0 Å². The van der Waals surface area contributed by atoms with E-state index >= 15 is 0 Å². The number of nitrogens with one attached hydrogen (secondary N) is 2. The minimum Gasteiger partial charge on any atom is -0.352 e. The summed E-state index contributed by atoms with van der Waals surface area (Å²) in [6, 6.07) is 5.02. The molecule has 3 rings (SSSR count). The van der Waals surface area contributed by atoms with Crippen LogP contribution in [-0.2, 0) is 11.3 Å². The molecule has 0 radical (unpaired) electrons. The van der Waals surface area contributed by atoms with E-state index in [4.69, 9.17) is 0 Å². The van der Waals surface area contributed by atoms with Gasteiger partial charge < -0.3 is 15.2 Å². The van der Waals surface area contributed by atoms with E-state index in [1.165, 1.54) is 6.07 Å². The summed E-state index contributed by atoms with van der Waals surface area (Å²) < 4.78 is 16.0. The van der Waals surface area contributed by atoms with Crippen molar-refractivity contribution in [2.45, 2.75) is 32.7 Å². The normalized spacial score (nSPS) is 17.2. The first kappa shape index (κ1) is 16.6. The number of carbonyl (C=O) groups is 1. The minimum atomic E-state index is -0.320. The topological polar surface area (TPSA) is 59.0 Å². The van der Waals surface area contributed by atoms with Crippen LogP contribution in [-0.4, -0.2) is 28.5 Å². The Bertz CT molecular complexity index is 707. The molecule has 1 aromatic heterocycles. The molecule has 1 unspecified atom stereocenters. The van der Waals surface area contributed by atoms with E-state index < -0.39 is 0 Å². The van der Waals surface area contributed by atoms with Crippen molar-refractivity contribution in [1.29, 1.82) is 0 Å². The van der Waals surface area contributed by atoms with E-state index in [2.05, 4.69) is 15.6 Å². The van der Waals surface area contributed by atoms with Crippen LogP contribution >= 0.6 is 0 Å². The fourth-order valence-electron chi connectivity index (χ4n) is 3.07. The molecule has 1 atom stereocenters. The van der Waals surface area contributed by atoms with Gasteiger partial charge in [-0.05, 0) is 56.5 Å². The van der Waals surface area contributed by atoms with Crippen molar-refractivity contribution in [2.75, 3.05) is 13.1 Å². The standard InChI is InChI=1S/C18H23FN4O/c1-13-21-8-9-23(13)17-4-2-15(10-16(17)19)12-22-18(24)5-3-14-6-7-20-11-14/h2,4,8-10,14,20H,3,5-7,11-12H2,1H3,(H,22,24). The number of carbonyl (C=O) groups excluding carboxylic acids is 1. The van der Waals surface area contributed by atoms with E-state index in [0.29, 0.717) is 24.6 Å². The molecule has 1 saturated heterocycles. The quantitative estimate of drug-likeness (QED) is 0.855. The number of amides is 1. The highest BCUT2D eigenvalue weighted by molar-refractivity contribution is 5.75. The third-order valence-electron chi connectivity index (χ3n) is 4.53. The van der Waals surface area contributed by atoms with Crippen molar-refractivity contribution in [3.05, 3.63) is 47.8 Å². The van der Waals surface area contributed by atoms with E-state index in [9.17, 15) is 9.18 Å². The summed E-state index contributed by atoms with van der Waals surface area (Å²) in [4.78, 5) is 16.0. The van der Waals surface area contributed by atoms with Crippen LogP contribution in [0, 0.1) is 18.7 Å². The number of aromatic nitrogens is 2. The molecule has 1 aromatic carbocycles. The lowest BCUT2D eigenvalue weighted by molar-refractivity contribution is -0.121. The Morgan fingerprint density at radius 2 is 2.38 bits per heavy atom. The average molecular weight is 330 g/mol. The molecule has 1 aliphatic rings. The van der Waals surface area contributed by atoms with Gasteiger partial charge in [0, 0.05) is 25.4 Å². The van der Waals surface area contributed by atoms with Gasteiger partial charge >= 0.3 is 0 Å².